The van der Waals surface area contributed by atoms with E-state index in [-0.39, 0.29) is 17.6 Å². The molecule has 5 heteroatoms. The van der Waals surface area contributed by atoms with Crippen LogP contribution in [-0.2, 0) is 4.79 Å². The van der Waals surface area contributed by atoms with Crippen LogP contribution >= 0.6 is 0 Å². The van der Waals surface area contributed by atoms with Crippen molar-refractivity contribution in [1.29, 1.82) is 0 Å². The number of piperidine rings is 1. The second-order valence-electron chi connectivity index (χ2n) is 4.14. The first kappa shape index (κ1) is 12.6. The van der Waals surface area contributed by atoms with E-state index in [2.05, 4.69) is 10.3 Å². The molecule has 0 saturated carbocycles. The van der Waals surface area contributed by atoms with E-state index in [9.17, 15) is 9.90 Å². The highest BCUT2D eigenvalue weighted by Gasteiger charge is 2.20. The van der Waals surface area contributed by atoms with Gasteiger partial charge in [-0.05, 0) is 12.1 Å². The topological polar surface area (TPSA) is 70.9 Å². The monoisotopic (exact) mass is 248 g/mol. The molecule has 0 aromatic heterocycles. The molecule has 96 valence electrons. The average Bonchev–Trinajstić information content (AvgIpc) is 2.39. The largest absolute Gasteiger partial charge is 0.507 e. The number of carbonyl (C=O) groups excluding carboxylic acids is 1. The minimum Gasteiger partial charge on any atom is -0.507 e. The Hall–Kier alpha value is -1.88. The molecule has 0 spiro atoms. The SMILES string of the molecule is COc1ccc(C=NC2CNCCC2=O)c(O)c1. The summed E-state index contributed by atoms with van der Waals surface area (Å²) in [5.41, 5.74) is 0.578. The molecule has 18 heavy (non-hydrogen) atoms. The number of nitrogens with zero attached hydrogens (tertiary/aromatic N) is 1. The van der Waals surface area contributed by atoms with Crippen LogP contribution in [0.15, 0.2) is 23.2 Å². The maximum atomic E-state index is 11.6. The Labute approximate surface area is 105 Å². The third-order valence-corrected chi connectivity index (χ3v) is 2.89. The molecule has 1 saturated heterocycles. The summed E-state index contributed by atoms with van der Waals surface area (Å²) in [5.74, 6) is 0.812. The number of hydrogen-bond acceptors (Lipinski definition) is 5. The van der Waals surface area contributed by atoms with Crippen molar-refractivity contribution in [1.82, 2.24) is 5.32 Å². The van der Waals surface area contributed by atoms with E-state index in [1.54, 1.807) is 12.1 Å². The number of nitrogens with one attached hydrogen (secondary N) is 1. The van der Waals surface area contributed by atoms with E-state index in [0.717, 1.165) is 6.54 Å². The van der Waals surface area contributed by atoms with Crippen molar-refractivity contribution >= 4 is 12.0 Å². The number of hydrogen-bond donors (Lipinski definition) is 2. The van der Waals surface area contributed by atoms with Gasteiger partial charge in [0, 0.05) is 37.4 Å². The van der Waals surface area contributed by atoms with E-state index in [1.807, 2.05) is 0 Å². The zero-order valence-corrected chi connectivity index (χ0v) is 10.2. The van der Waals surface area contributed by atoms with Gasteiger partial charge in [0.2, 0.25) is 0 Å². The lowest BCUT2D eigenvalue weighted by molar-refractivity contribution is -0.120. The van der Waals surface area contributed by atoms with Gasteiger partial charge < -0.3 is 15.2 Å². The van der Waals surface area contributed by atoms with Crippen molar-refractivity contribution in [2.75, 3.05) is 20.2 Å². The van der Waals surface area contributed by atoms with Crippen molar-refractivity contribution in [3.8, 4) is 11.5 Å². The Bertz CT molecular complexity index is 471. The third-order valence-electron chi connectivity index (χ3n) is 2.89. The molecule has 1 aromatic rings. The van der Waals surface area contributed by atoms with Crippen LogP contribution in [0.4, 0.5) is 0 Å². The summed E-state index contributed by atoms with van der Waals surface area (Å²) in [6, 6.07) is 4.61. The molecule has 1 atom stereocenters. The molecule has 0 amide bonds. The molecule has 1 fully saturated rings. The molecule has 1 heterocycles. The zero-order chi connectivity index (χ0) is 13.0. The highest BCUT2D eigenvalue weighted by Crippen LogP contribution is 2.22. The minimum atomic E-state index is -0.347. The van der Waals surface area contributed by atoms with E-state index >= 15 is 0 Å². The lowest BCUT2D eigenvalue weighted by atomic mass is 10.1. The molecule has 1 unspecified atom stereocenters. The highest BCUT2D eigenvalue weighted by molar-refractivity contribution is 5.90. The number of phenolic OH excluding ortho intramolecular Hbond substituents is 1. The van der Waals surface area contributed by atoms with E-state index < -0.39 is 0 Å². The van der Waals surface area contributed by atoms with Crippen molar-refractivity contribution in [3.63, 3.8) is 0 Å². The maximum absolute atomic E-state index is 11.6. The first-order valence-electron chi connectivity index (χ1n) is 5.84. The number of aromatic hydroxyl groups is 1. The van der Waals surface area contributed by atoms with Crippen LogP contribution in [0.5, 0.6) is 11.5 Å². The number of Topliss-reactive ketones (excluding diaryl/α,β-unsaturated/α-hetero) is 1. The molecular weight excluding hydrogens is 232 g/mol. The molecule has 1 aromatic carbocycles. The quantitative estimate of drug-likeness (QED) is 0.774. The molecule has 1 aliphatic rings. The molecule has 1 aliphatic heterocycles. The van der Waals surface area contributed by atoms with Gasteiger partial charge in [0.15, 0.2) is 5.78 Å². The van der Waals surface area contributed by atoms with Crippen LogP contribution in [0.1, 0.15) is 12.0 Å². The van der Waals surface area contributed by atoms with E-state index in [0.29, 0.717) is 24.3 Å². The molecule has 5 nitrogen and oxygen atoms in total. The van der Waals surface area contributed by atoms with Crippen LogP contribution in [-0.4, -0.2) is 43.3 Å². The number of carbonyl (C=O) groups is 1. The van der Waals surface area contributed by atoms with Gasteiger partial charge in [0.25, 0.3) is 0 Å². The number of methoxy groups -OCH3 is 1. The van der Waals surface area contributed by atoms with Gasteiger partial charge in [0.1, 0.15) is 17.5 Å². The Morgan fingerprint density at radius 3 is 3.06 bits per heavy atom. The minimum absolute atomic E-state index is 0.0920. The maximum Gasteiger partial charge on any atom is 0.159 e. The highest BCUT2D eigenvalue weighted by atomic mass is 16.5. The molecule has 0 radical (unpaired) electrons. The van der Waals surface area contributed by atoms with Crippen LogP contribution in [0, 0.1) is 0 Å². The number of rotatable bonds is 3. The lowest BCUT2D eigenvalue weighted by Gasteiger charge is -2.17. The molecular formula is C13H16N2O3. The summed E-state index contributed by atoms with van der Waals surface area (Å²) in [7, 11) is 1.54. The molecule has 2 rings (SSSR count). The summed E-state index contributed by atoms with van der Waals surface area (Å²) in [6.07, 6.45) is 2.04. The van der Waals surface area contributed by atoms with Crippen LogP contribution in [0.25, 0.3) is 0 Å². The van der Waals surface area contributed by atoms with Gasteiger partial charge in [-0.25, -0.2) is 0 Å². The summed E-state index contributed by atoms with van der Waals surface area (Å²) >= 11 is 0. The van der Waals surface area contributed by atoms with Crippen molar-refractivity contribution in [2.45, 2.75) is 12.5 Å². The second-order valence-corrected chi connectivity index (χ2v) is 4.14. The fourth-order valence-electron chi connectivity index (χ4n) is 1.80. The number of benzene rings is 1. The fraction of sp³-hybridized carbons (Fsp3) is 0.385. The van der Waals surface area contributed by atoms with Gasteiger partial charge in [-0.1, -0.05) is 0 Å². The van der Waals surface area contributed by atoms with Gasteiger partial charge in [-0.2, -0.15) is 0 Å². The van der Waals surface area contributed by atoms with Crippen LogP contribution in [0.2, 0.25) is 0 Å². The Balaban J connectivity index is 2.10. The van der Waals surface area contributed by atoms with Crippen molar-refractivity contribution in [2.24, 2.45) is 4.99 Å². The number of ether oxygens (including phenoxy) is 1. The first-order chi connectivity index (χ1) is 8.70. The predicted molar refractivity (Wildman–Crippen MR) is 68.5 cm³/mol. The Morgan fingerprint density at radius 2 is 2.39 bits per heavy atom. The first-order valence-corrected chi connectivity index (χ1v) is 5.84. The van der Waals surface area contributed by atoms with E-state index in [4.69, 9.17) is 4.74 Å². The van der Waals surface area contributed by atoms with Crippen molar-refractivity contribution in [3.05, 3.63) is 23.8 Å². The Kier molecular flexibility index (Phi) is 3.94. The summed E-state index contributed by atoms with van der Waals surface area (Å²) < 4.78 is 4.99. The van der Waals surface area contributed by atoms with Crippen molar-refractivity contribution < 1.29 is 14.6 Å². The lowest BCUT2D eigenvalue weighted by Crippen LogP contribution is -2.39. The van der Waals surface area contributed by atoms with Gasteiger partial charge in [0.05, 0.1) is 7.11 Å². The third kappa shape index (κ3) is 2.87. The van der Waals surface area contributed by atoms with E-state index in [1.165, 1.54) is 19.4 Å². The van der Waals surface area contributed by atoms with Gasteiger partial charge >= 0.3 is 0 Å². The number of aliphatic imine (C=N–C) groups is 1. The normalized spacial score (nSPS) is 20.3. The summed E-state index contributed by atoms with van der Waals surface area (Å²) in [5, 5.41) is 12.9. The van der Waals surface area contributed by atoms with Gasteiger partial charge in [-0.3, -0.25) is 9.79 Å². The molecule has 0 bridgehead atoms. The molecule has 2 N–H and O–H groups in total. The Morgan fingerprint density at radius 1 is 1.56 bits per heavy atom. The predicted octanol–water partition coefficient (Wildman–Crippen LogP) is 0.751. The second kappa shape index (κ2) is 5.64. The average molecular weight is 248 g/mol. The smallest absolute Gasteiger partial charge is 0.159 e. The molecule has 0 aliphatic carbocycles. The van der Waals surface area contributed by atoms with Crippen LogP contribution < -0.4 is 10.1 Å². The number of ketones is 1. The van der Waals surface area contributed by atoms with Gasteiger partial charge in [-0.15, -0.1) is 0 Å². The fourth-order valence-corrected chi connectivity index (χ4v) is 1.80. The summed E-state index contributed by atoms with van der Waals surface area (Å²) in [4.78, 5) is 15.8. The van der Waals surface area contributed by atoms with Crippen LogP contribution in [0.3, 0.4) is 0 Å². The zero-order valence-electron chi connectivity index (χ0n) is 10.2. The summed E-state index contributed by atoms with van der Waals surface area (Å²) in [6.45, 7) is 1.28. The standard InChI is InChI=1S/C13H16N2O3/c1-18-10-3-2-9(13(17)6-10)7-15-11-8-14-5-4-12(11)16/h2-3,6-7,11,14,17H,4-5,8H2,1H3. The number of phenols is 1.